The van der Waals surface area contributed by atoms with Crippen LogP contribution < -0.4 is 5.32 Å². The standard InChI is InChI=1S/C16H19BrN2O3S/c1-10-13(15(20)22-3)14(11-4-6-12(17)7-5-11)18-16(23)19(10)8-9-21-2/h4-7,14H,8-9H2,1-3H3,(H,18,23). The number of halogens is 1. The zero-order valence-corrected chi connectivity index (χ0v) is 15.7. The molecule has 0 aromatic heterocycles. The van der Waals surface area contributed by atoms with Gasteiger partial charge in [0.15, 0.2) is 5.11 Å². The number of methoxy groups -OCH3 is 2. The molecule has 1 aromatic carbocycles. The number of ether oxygens (including phenoxy) is 2. The maximum absolute atomic E-state index is 12.3. The van der Waals surface area contributed by atoms with Gasteiger partial charge < -0.3 is 19.7 Å². The molecule has 124 valence electrons. The summed E-state index contributed by atoms with van der Waals surface area (Å²) in [5.41, 5.74) is 2.28. The van der Waals surface area contributed by atoms with Crippen molar-refractivity contribution in [1.29, 1.82) is 0 Å². The van der Waals surface area contributed by atoms with Crippen molar-refractivity contribution in [3.8, 4) is 0 Å². The Balaban J connectivity index is 2.45. The van der Waals surface area contributed by atoms with Crippen LogP contribution in [-0.2, 0) is 14.3 Å². The average molecular weight is 399 g/mol. The molecule has 1 unspecified atom stereocenters. The monoisotopic (exact) mass is 398 g/mol. The van der Waals surface area contributed by atoms with E-state index in [4.69, 9.17) is 21.7 Å². The Kier molecular flexibility index (Phi) is 6.15. The summed E-state index contributed by atoms with van der Waals surface area (Å²) in [4.78, 5) is 14.2. The Hall–Kier alpha value is -1.44. The second-order valence-corrected chi connectivity index (χ2v) is 6.37. The van der Waals surface area contributed by atoms with Crippen LogP contribution in [-0.4, -0.2) is 43.4 Å². The summed E-state index contributed by atoms with van der Waals surface area (Å²) in [5, 5.41) is 3.80. The lowest BCUT2D eigenvalue weighted by Crippen LogP contribution is -2.48. The van der Waals surface area contributed by atoms with Crippen molar-refractivity contribution in [3.05, 3.63) is 45.6 Å². The van der Waals surface area contributed by atoms with Crippen LogP contribution in [0.2, 0.25) is 0 Å². The van der Waals surface area contributed by atoms with E-state index in [-0.39, 0.29) is 12.0 Å². The van der Waals surface area contributed by atoms with Crippen molar-refractivity contribution in [2.75, 3.05) is 27.4 Å². The molecule has 0 amide bonds. The number of hydrogen-bond acceptors (Lipinski definition) is 4. The van der Waals surface area contributed by atoms with Crippen LogP contribution in [0, 0.1) is 0 Å². The number of hydrogen-bond donors (Lipinski definition) is 1. The number of thiocarbonyl (C=S) groups is 1. The minimum absolute atomic E-state index is 0.332. The van der Waals surface area contributed by atoms with Gasteiger partial charge in [0, 0.05) is 23.8 Å². The van der Waals surface area contributed by atoms with Gasteiger partial charge in [0.25, 0.3) is 0 Å². The summed E-state index contributed by atoms with van der Waals surface area (Å²) >= 11 is 8.88. The maximum Gasteiger partial charge on any atom is 0.337 e. The van der Waals surface area contributed by atoms with Crippen LogP contribution in [0.1, 0.15) is 18.5 Å². The fourth-order valence-electron chi connectivity index (χ4n) is 2.51. The summed E-state index contributed by atoms with van der Waals surface area (Å²) in [6.45, 7) is 2.96. The summed E-state index contributed by atoms with van der Waals surface area (Å²) in [6, 6.07) is 7.43. The van der Waals surface area contributed by atoms with E-state index in [0.717, 1.165) is 15.7 Å². The molecule has 7 heteroatoms. The van der Waals surface area contributed by atoms with Crippen molar-refractivity contribution in [1.82, 2.24) is 10.2 Å². The Morgan fingerprint density at radius 1 is 1.35 bits per heavy atom. The molecule has 1 aliphatic heterocycles. The molecule has 0 spiro atoms. The third kappa shape index (κ3) is 3.91. The molecule has 0 saturated carbocycles. The molecule has 1 atom stereocenters. The molecule has 23 heavy (non-hydrogen) atoms. The lowest BCUT2D eigenvalue weighted by atomic mass is 9.95. The lowest BCUT2D eigenvalue weighted by molar-refractivity contribution is -0.136. The predicted molar refractivity (Wildman–Crippen MR) is 95.9 cm³/mol. The Morgan fingerprint density at radius 2 is 2.00 bits per heavy atom. The highest BCUT2D eigenvalue weighted by Crippen LogP contribution is 2.31. The second-order valence-electron chi connectivity index (χ2n) is 5.07. The highest BCUT2D eigenvalue weighted by Gasteiger charge is 2.34. The molecular weight excluding hydrogens is 380 g/mol. The molecule has 2 rings (SSSR count). The highest BCUT2D eigenvalue weighted by molar-refractivity contribution is 9.10. The summed E-state index contributed by atoms with van der Waals surface area (Å²) in [5.74, 6) is -0.368. The van der Waals surface area contributed by atoms with E-state index in [1.165, 1.54) is 7.11 Å². The van der Waals surface area contributed by atoms with E-state index in [2.05, 4.69) is 21.2 Å². The van der Waals surface area contributed by atoms with Crippen LogP contribution in [0.25, 0.3) is 0 Å². The SMILES string of the molecule is COCCN1C(=S)NC(c2ccc(Br)cc2)C(C(=O)OC)=C1C. The first-order chi connectivity index (χ1) is 11.0. The molecular formula is C16H19BrN2O3S. The minimum atomic E-state index is -0.368. The molecule has 0 radical (unpaired) electrons. The van der Waals surface area contributed by atoms with E-state index < -0.39 is 0 Å². The van der Waals surface area contributed by atoms with E-state index in [1.807, 2.05) is 36.1 Å². The van der Waals surface area contributed by atoms with Gasteiger partial charge in [-0.25, -0.2) is 4.79 Å². The molecule has 0 bridgehead atoms. The zero-order chi connectivity index (χ0) is 17.0. The van der Waals surface area contributed by atoms with Crippen LogP contribution >= 0.6 is 28.1 Å². The van der Waals surface area contributed by atoms with Crippen LogP contribution in [0.5, 0.6) is 0 Å². The van der Waals surface area contributed by atoms with Crippen molar-refractivity contribution >= 4 is 39.2 Å². The Labute approximate surface area is 149 Å². The number of nitrogens with one attached hydrogen (secondary N) is 1. The number of benzene rings is 1. The Morgan fingerprint density at radius 3 is 2.57 bits per heavy atom. The van der Waals surface area contributed by atoms with E-state index in [9.17, 15) is 4.79 Å². The predicted octanol–water partition coefficient (Wildman–Crippen LogP) is 2.77. The average Bonchev–Trinajstić information content (AvgIpc) is 2.54. The number of esters is 1. The van der Waals surface area contributed by atoms with Gasteiger partial charge in [-0.1, -0.05) is 28.1 Å². The van der Waals surface area contributed by atoms with Crippen LogP contribution in [0.15, 0.2) is 40.0 Å². The number of nitrogens with zero attached hydrogens (tertiary/aromatic N) is 1. The molecule has 0 aliphatic carbocycles. The van der Waals surface area contributed by atoms with E-state index in [0.29, 0.717) is 23.8 Å². The Bertz CT molecular complexity index is 631. The molecule has 5 nitrogen and oxygen atoms in total. The molecule has 1 heterocycles. The number of carbonyl (C=O) groups is 1. The maximum atomic E-state index is 12.3. The quantitative estimate of drug-likeness (QED) is 0.607. The second kappa shape index (κ2) is 7.90. The topological polar surface area (TPSA) is 50.8 Å². The molecule has 1 N–H and O–H groups in total. The molecule has 0 fully saturated rings. The van der Waals surface area contributed by atoms with Crippen LogP contribution in [0.4, 0.5) is 0 Å². The third-order valence-corrected chi connectivity index (χ3v) is 4.59. The number of carbonyl (C=O) groups excluding carboxylic acids is 1. The van der Waals surface area contributed by atoms with Crippen molar-refractivity contribution in [2.24, 2.45) is 0 Å². The fraction of sp³-hybridized carbons (Fsp3) is 0.375. The van der Waals surface area contributed by atoms with Gasteiger partial charge in [-0.05, 0) is 36.8 Å². The molecule has 1 aromatic rings. The number of allylic oxidation sites excluding steroid dienone is 1. The normalized spacial score (nSPS) is 18.0. The van der Waals surface area contributed by atoms with Crippen molar-refractivity contribution < 1.29 is 14.3 Å². The van der Waals surface area contributed by atoms with E-state index >= 15 is 0 Å². The van der Waals surface area contributed by atoms with Gasteiger partial charge in [0.1, 0.15) is 0 Å². The van der Waals surface area contributed by atoms with Gasteiger partial charge in [0.05, 0.1) is 25.3 Å². The highest BCUT2D eigenvalue weighted by atomic mass is 79.9. The van der Waals surface area contributed by atoms with Gasteiger partial charge >= 0.3 is 5.97 Å². The minimum Gasteiger partial charge on any atom is -0.466 e. The van der Waals surface area contributed by atoms with Gasteiger partial charge in [-0.2, -0.15) is 0 Å². The van der Waals surface area contributed by atoms with Crippen molar-refractivity contribution in [3.63, 3.8) is 0 Å². The van der Waals surface area contributed by atoms with Gasteiger partial charge in [-0.3, -0.25) is 0 Å². The van der Waals surface area contributed by atoms with Gasteiger partial charge in [0.2, 0.25) is 0 Å². The van der Waals surface area contributed by atoms with E-state index in [1.54, 1.807) is 7.11 Å². The molecule has 1 aliphatic rings. The number of rotatable bonds is 5. The zero-order valence-electron chi connectivity index (χ0n) is 13.3. The smallest absolute Gasteiger partial charge is 0.337 e. The summed E-state index contributed by atoms with van der Waals surface area (Å²) < 4.78 is 11.1. The largest absolute Gasteiger partial charge is 0.466 e. The first-order valence-corrected chi connectivity index (χ1v) is 8.31. The first kappa shape index (κ1) is 17.9. The summed E-state index contributed by atoms with van der Waals surface area (Å²) in [7, 11) is 3.01. The first-order valence-electron chi connectivity index (χ1n) is 7.11. The summed E-state index contributed by atoms with van der Waals surface area (Å²) in [6.07, 6.45) is 0. The van der Waals surface area contributed by atoms with Crippen LogP contribution in [0.3, 0.4) is 0 Å². The van der Waals surface area contributed by atoms with Crippen molar-refractivity contribution in [2.45, 2.75) is 13.0 Å². The fourth-order valence-corrected chi connectivity index (χ4v) is 3.12. The van der Waals surface area contributed by atoms with Gasteiger partial charge in [-0.15, -0.1) is 0 Å². The lowest BCUT2D eigenvalue weighted by Gasteiger charge is -2.37. The third-order valence-electron chi connectivity index (χ3n) is 3.72. The molecule has 0 saturated heterocycles.